The monoisotopic (exact) mass is 240 g/mol. The Morgan fingerprint density at radius 1 is 1.41 bits per heavy atom. The Kier molecular flexibility index (Phi) is 4.80. The third-order valence-electron chi connectivity index (χ3n) is 3.96. The summed E-state index contributed by atoms with van der Waals surface area (Å²) in [7, 11) is 0. The number of carbonyl (C=O) groups excluding carboxylic acids is 1. The molecule has 2 heterocycles. The molecule has 0 saturated carbocycles. The van der Waals surface area contributed by atoms with Crippen molar-refractivity contribution in [2.75, 3.05) is 19.8 Å². The predicted molar refractivity (Wildman–Crippen MR) is 66.8 cm³/mol. The van der Waals surface area contributed by atoms with Crippen LogP contribution in [0.3, 0.4) is 0 Å². The molecule has 0 aromatic carbocycles. The van der Waals surface area contributed by atoms with Gasteiger partial charge in [0.2, 0.25) is 5.91 Å². The van der Waals surface area contributed by atoms with Gasteiger partial charge in [-0.3, -0.25) is 4.79 Å². The number of hydrogen-bond acceptors (Lipinski definition) is 3. The van der Waals surface area contributed by atoms with Gasteiger partial charge in [0.15, 0.2) is 0 Å². The van der Waals surface area contributed by atoms with Crippen molar-refractivity contribution in [2.45, 2.75) is 51.1 Å². The van der Waals surface area contributed by atoms with E-state index in [9.17, 15) is 4.79 Å². The zero-order valence-corrected chi connectivity index (χ0v) is 10.7. The van der Waals surface area contributed by atoms with Crippen LogP contribution < -0.4 is 10.6 Å². The quantitative estimate of drug-likeness (QED) is 0.772. The highest BCUT2D eigenvalue weighted by Crippen LogP contribution is 2.18. The lowest BCUT2D eigenvalue weighted by Gasteiger charge is -2.28. The summed E-state index contributed by atoms with van der Waals surface area (Å²) in [4.78, 5) is 11.9. The summed E-state index contributed by atoms with van der Waals surface area (Å²) in [5.74, 6) is 0.785. The van der Waals surface area contributed by atoms with Gasteiger partial charge < -0.3 is 15.4 Å². The summed E-state index contributed by atoms with van der Waals surface area (Å²) in [6.45, 7) is 4.87. The van der Waals surface area contributed by atoms with Gasteiger partial charge in [0.05, 0.1) is 0 Å². The molecule has 0 spiro atoms. The van der Waals surface area contributed by atoms with Crippen LogP contribution in [0.1, 0.15) is 39.0 Å². The molecule has 17 heavy (non-hydrogen) atoms. The van der Waals surface area contributed by atoms with Crippen molar-refractivity contribution in [2.24, 2.45) is 5.92 Å². The molecule has 1 amide bonds. The first-order chi connectivity index (χ1) is 8.25. The van der Waals surface area contributed by atoms with E-state index in [0.717, 1.165) is 39.0 Å². The van der Waals surface area contributed by atoms with Crippen LogP contribution in [0.5, 0.6) is 0 Å². The van der Waals surface area contributed by atoms with Crippen LogP contribution in [0.4, 0.5) is 0 Å². The van der Waals surface area contributed by atoms with Crippen LogP contribution in [0.25, 0.3) is 0 Å². The highest BCUT2D eigenvalue weighted by atomic mass is 16.5. The molecule has 0 radical (unpaired) electrons. The molecule has 2 N–H and O–H groups in total. The predicted octanol–water partition coefficient (Wildman–Crippen LogP) is 1.06. The number of rotatable bonds is 4. The highest BCUT2D eigenvalue weighted by Gasteiger charge is 2.23. The molecule has 2 fully saturated rings. The Morgan fingerprint density at radius 2 is 2.18 bits per heavy atom. The van der Waals surface area contributed by atoms with Crippen LogP contribution in [-0.2, 0) is 9.53 Å². The Labute approximate surface area is 103 Å². The highest BCUT2D eigenvalue weighted by molar-refractivity contribution is 5.76. The second kappa shape index (κ2) is 6.36. The zero-order chi connectivity index (χ0) is 12.1. The summed E-state index contributed by atoms with van der Waals surface area (Å²) in [6, 6.07) is 0.685. The van der Waals surface area contributed by atoms with Gasteiger partial charge in [-0.2, -0.15) is 0 Å². The molecule has 4 heteroatoms. The number of nitrogens with one attached hydrogen (secondary N) is 2. The number of hydrogen-bond donors (Lipinski definition) is 2. The van der Waals surface area contributed by atoms with Crippen molar-refractivity contribution in [3.05, 3.63) is 0 Å². The molecular weight excluding hydrogens is 216 g/mol. The van der Waals surface area contributed by atoms with Gasteiger partial charge in [-0.1, -0.05) is 0 Å². The van der Waals surface area contributed by atoms with Crippen LogP contribution in [-0.4, -0.2) is 37.7 Å². The molecule has 0 aromatic rings. The molecule has 0 bridgehead atoms. The van der Waals surface area contributed by atoms with E-state index in [1.54, 1.807) is 0 Å². The first-order valence-electron chi connectivity index (χ1n) is 6.86. The first-order valence-corrected chi connectivity index (χ1v) is 6.86. The smallest absolute Gasteiger partial charge is 0.221 e. The molecular formula is C13H24N2O2. The van der Waals surface area contributed by atoms with Gasteiger partial charge >= 0.3 is 0 Å². The maximum Gasteiger partial charge on any atom is 0.221 e. The Balaban J connectivity index is 1.69. The largest absolute Gasteiger partial charge is 0.381 e. The summed E-state index contributed by atoms with van der Waals surface area (Å²) < 4.78 is 5.34. The second-order valence-electron chi connectivity index (χ2n) is 5.30. The lowest BCUT2D eigenvalue weighted by atomic mass is 9.93. The Morgan fingerprint density at radius 3 is 2.82 bits per heavy atom. The number of carbonyl (C=O) groups is 1. The van der Waals surface area contributed by atoms with E-state index < -0.39 is 0 Å². The van der Waals surface area contributed by atoms with Crippen molar-refractivity contribution in [1.29, 1.82) is 0 Å². The number of amides is 1. The maximum atomic E-state index is 11.9. The van der Waals surface area contributed by atoms with Gasteiger partial charge in [0.1, 0.15) is 0 Å². The van der Waals surface area contributed by atoms with E-state index in [0.29, 0.717) is 18.4 Å². The van der Waals surface area contributed by atoms with E-state index >= 15 is 0 Å². The van der Waals surface area contributed by atoms with Crippen LogP contribution >= 0.6 is 0 Å². The summed E-state index contributed by atoms with van der Waals surface area (Å²) in [5.41, 5.74) is 0. The molecule has 2 atom stereocenters. The summed E-state index contributed by atoms with van der Waals surface area (Å²) in [6.07, 6.45) is 5.12. The van der Waals surface area contributed by atoms with E-state index in [-0.39, 0.29) is 11.9 Å². The average Bonchev–Trinajstić information content (AvgIpc) is 2.82. The van der Waals surface area contributed by atoms with E-state index in [4.69, 9.17) is 4.74 Å². The Hall–Kier alpha value is -0.610. The minimum atomic E-state index is 0.198. The minimum Gasteiger partial charge on any atom is -0.381 e. The Bertz CT molecular complexity index is 246. The topological polar surface area (TPSA) is 50.4 Å². The van der Waals surface area contributed by atoms with Crippen LogP contribution in [0.15, 0.2) is 0 Å². The van der Waals surface area contributed by atoms with Gasteiger partial charge in [-0.05, 0) is 45.1 Å². The molecule has 2 saturated heterocycles. The van der Waals surface area contributed by atoms with Gasteiger partial charge in [-0.25, -0.2) is 0 Å². The fourth-order valence-electron chi connectivity index (χ4n) is 2.80. The van der Waals surface area contributed by atoms with Gasteiger partial charge in [0.25, 0.3) is 0 Å². The first kappa shape index (κ1) is 12.8. The SMILES string of the molecule is CC(NC(=O)CC1CCCN1)C1CCOCC1. The molecule has 2 aliphatic heterocycles. The molecule has 4 nitrogen and oxygen atoms in total. The van der Waals surface area contributed by atoms with Gasteiger partial charge in [0, 0.05) is 31.7 Å². The van der Waals surface area contributed by atoms with Crippen LogP contribution in [0, 0.1) is 5.92 Å². The third-order valence-corrected chi connectivity index (χ3v) is 3.96. The second-order valence-corrected chi connectivity index (χ2v) is 5.30. The van der Waals surface area contributed by atoms with Crippen LogP contribution in [0.2, 0.25) is 0 Å². The average molecular weight is 240 g/mol. The molecule has 2 unspecified atom stereocenters. The van der Waals surface area contributed by atoms with Crippen molar-refractivity contribution in [3.8, 4) is 0 Å². The lowest BCUT2D eigenvalue weighted by Crippen LogP contribution is -2.42. The lowest BCUT2D eigenvalue weighted by molar-refractivity contribution is -0.122. The summed E-state index contributed by atoms with van der Waals surface area (Å²) >= 11 is 0. The minimum absolute atomic E-state index is 0.198. The standard InChI is InChI=1S/C13H24N2O2/c1-10(11-4-7-17-8-5-11)15-13(16)9-12-3-2-6-14-12/h10-12,14H,2-9H2,1H3,(H,15,16). The van der Waals surface area contributed by atoms with Crippen molar-refractivity contribution < 1.29 is 9.53 Å². The zero-order valence-electron chi connectivity index (χ0n) is 10.7. The number of ether oxygens (including phenoxy) is 1. The normalized spacial score (nSPS) is 27.9. The molecule has 2 aliphatic rings. The maximum absolute atomic E-state index is 11.9. The van der Waals surface area contributed by atoms with Crippen molar-refractivity contribution in [3.63, 3.8) is 0 Å². The summed E-state index contributed by atoms with van der Waals surface area (Å²) in [5, 5.41) is 6.50. The molecule has 98 valence electrons. The van der Waals surface area contributed by atoms with Crippen molar-refractivity contribution >= 4 is 5.91 Å². The fourth-order valence-corrected chi connectivity index (χ4v) is 2.80. The third kappa shape index (κ3) is 3.96. The fraction of sp³-hybridized carbons (Fsp3) is 0.923. The molecule has 0 aromatic heterocycles. The van der Waals surface area contributed by atoms with Crippen molar-refractivity contribution in [1.82, 2.24) is 10.6 Å². The molecule has 2 rings (SSSR count). The molecule has 0 aliphatic carbocycles. The van der Waals surface area contributed by atoms with Gasteiger partial charge in [-0.15, -0.1) is 0 Å². The van der Waals surface area contributed by atoms with E-state index in [2.05, 4.69) is 17.6 Å². The van der Waals surface area contributed by atoms with E-state index in [1.165, 1.54) is 6.42 Å². The van der Waals surface area contributed by atoms with E-state index in [1.807, 2.05) is 0 Å².